The standard InChI is InChI=1S/C13H23N3O4/c1-9-8-10(12(18)19)4-7-16(9)13(20)15(3)6-5-11(17)14-2/h9-10H,4-8H2,1-3H3,(H,14,17)(H,18,19). The van der Waals surface area contributed by atoms with E-state index in [0.717, 1.165) is 0 Å². The van der Waals surface area contributed by atoms with Crippen molar-refractivity contribution in [1.29, 1.82) is 0 Å². The molecule has 3 amide bonds. The number of carboxylic acid groups (broad SMARTS) is 1. The summed E-state index contributed by atoms with van der Waals surface area (Å²) >= 11 is 0. The van der Waals surface area contributed by atoms with Crippen molar-refractivity contribution in [1.82, 2.24) is 15.1 Å². The van der Waals surface area contributed by atoms with E-state index in [2.05, 4.69) is 5.32 Å². The number of hydrogen-bond donors (Lipinski definition) is 2. The minimum Gasteiger partial charge on any atom is -0.481 e. The third kappa shape index (κ3) is 4.11. The Kier molecular flexibility index (Phi) is 5.79. The molecule has 1 heterocycles. The molecular weight excluding hydrogens is 262 g/mol. The van der Waals surface area contributed by atoms with E-state index in [9.17, 15) is 14.4 Å². The number of piperidine rings is 1. The average Bonchev–Trinajstić information content (AvgIpc) is 2.43. The molecule has 2 N–H and O–H groups in total. The lowest BCUT2D eigenvalue weighted by Gasteiger charge is -2.38. The van der Waals surface area contributed by atoms with Crippen LogP contribution in [0.25, 0.3) is 0 Å². The zero-order chi connectivity index (χ0) is 15.3. The molecule has 7 heteroatoms. The molecule has 0 aromatic heterocycles. The normalized spacial score (nSPS) is 22.2. The number of carbonyl (C=O) groups is 3. The van der Waals surface area contributed by atoms with Crippen LogP contribution in [0, 0.1) is 5.92 Å². The number of likely N-dealkylation sites (tertiary alicyclic amines) is 1. The molecule has 2 unspecified atom stereocenters. The van der Waals surface area contributed by atoms with Crippen molar-refractivity contribution in [2.24, 2.45) is 5.92 Å². The van der Waals surface area contributed by atoms with E-state index < -0.39 is 5.97 Å². The molecule has 1 fully saturated rings. The molecule has 20 heavy (non-hydrogen) atoms. The maximum absolute atomic E-state index is 12.3. The van der Waals surface area contributed by atoms with Crippen molar-refractivity contribution in [3.8, 4) is 0 Å². The summed E-state index contributed by atoms with van der Waals surface area (Å²) in [7, 11) is 3.21. The summed E-state index contributed by atoms with van der Waals surface area (Å²) in [6.45, 7) is 2.66. The van der Waals surface area contributed by atoms with E-state index in [0.29, 0.717) is 25.9 Å². The molecule has 2 atom stereocenters. The molecule has 1 aliphatic rings. The van der Waals surface area contributed by atoms with Gasteiger partial charge < -0.3 is 20.2 Å². The number of aliphatic carboxylic acids is 1. The van der Waals surface area contributed by atoms with Crippen molar-refractivity contribution in [3.63, 3.8) is 0 Å². The van der Waals surface area contributed by atoms with E-state index in [-0.39, 0.29) is 30.3 Å². The summed E-state index contributed by atoms with van der Waals surface area (Å²) in [6, 6.07) is -0.245. The Labute approximate surface area is 118 Å². The van der Waals surface area contributed by atoms with Gasteiger partial charge in [-0.05, 0) is 19.8 Å². The van der Waals surface area contributed by atoms with Crippen LogP contribution in [0.5, 0.6) is 0 Å². The Bertz CT molecular complexity index is 386. The maximum atomic E-state index is 12.3. The summed E-state index contributed by atoms with van der Waals surface area (Å²) in [5, 5.41) is 11.5. The summed E-state index contributed by atoms with van der Waals surface area (Å²) in [5.74, 6) is -1.27. The average molecular weight is 285 g/mol. The number of amides is 3. The molecule has 1 aliphatic heterocycles. The molecule has 0 aliphatic carbocycles. The molecule has 0 bridgehead atoms. The highest BCUT2D eigenvalue weighted by molar-refractivity contribution is 5.78. The second kappa shape index (κ2) is 7.12. The van der Waals surface area contributed by atoms with Crippen molar-refractivity contribution < 1.29 is 19.5 Å². The molecule has 0 aromatic rings. The lowest BCUT2D eigenvalue weighted by molar-refractivity contribution is -0.143. The highest BCUT2D eigenvalue weighted by atomic mass is 16.4. The number of hydrogen-bond acceptors (Lipinski definition) is 3. The van der Waals surface area contributed by atoms with E-state index in [4.69, 9.17) is 5.11 Å². The molecule has 0 aromatic carbocycles. The zero-order valence-corrected chi connectivity index (χ0v) is 12.3. The number of nitrogens with zero attached hydrogens (tertiary/aromatic N) is 2. The van der Waals surface area contributed by atoms with Crippen molar-refractivity contribution in [3.05, 3.63) is 0 Å². The van der Waals surface area contributed by atoms with E-state index in [1.54, 1.807) is 19.0 Å². The summed E-state index contributed by atoms with van der Waals surface area (Å²) in [5.41, 5.74) is 0. The van der Waals surface area contributed by atoms with Crippen LogP contribution in [0.2, 0.25) is 0 Å². The number of carbonyl (C=O) groups excluding carboxylic acids is 2. The molecule has 0 saturated carbocycles. The highest BCUT2D eigenvalue weighted by Gasteiger charge is 2.33. The molecule has 1 saturated heterocycles. The van der Waals surface area contributed by atoms with Gasteiger partial charge >= 0.3 is 12.0 Å². The van der Waals surface area contributed by atoms with Gasteiger partial charge in [0.05, 0.1) is 5.92 Å². The first kappa shape index (κ1) is 16.3. The third-order valence-electron chi connectivity index (χ3n) is 3.75. The number of urea groups is 1. The lowest BCUT2D eigenvalue weighted by Crippen LogP contribution is -2.51. The summed E-state index contributed by atoms with van der Waals surface area (Å²) < 4.78 is 0. The Morgan fingerprint density at radius 1 is 1.40 bits per heavy atom. The molecule has 114 valence electrons. The minimum atomic E-state index is -0.795. The lowest BCUT2D eigenvalue weighted by atomic mass is 9.92. The molecule has 7 nitrogen and oxygen atoms in total. The monoisotopic (exact) mass is 285 g/mol. The first-order chi connectivity index (χ1) is 9.36. The fourth-order valence-corrected chi connectivity index (χ4v) is 2.39. The van der Waals surface area contributed by atoms with Crippen LogP contribution < -0.4 is 5.32 Å². The van der Waals surface area contributed by atoms with E-state index >= 15 is 0 Å². The predicted octanol–water partition coefficient (Wildman–Crippen LogP) is 0.359. The fourth-order valence-electron chi connectivity index (χ4n) is 2.39. The highest BCUT2D eigenvalue weighted by Crippen LogP contribution is 2.23. The number of carboxylic acids is 1. The van der Waals surface area contributed by atoms with Gasteiger partial charge in [0.2, 0.25) is 5.91 Å². The first-order valence-corrected chi connectivity index (χ1v) is 6.82. The first-order valence-electron chi connectivity index (χ1n) is 6.82. The second-order valence-electron chi connectivity index (χ2n) is 5.23. The van der Waals surface area contributed by atoms with Crippen molar-refractivity contribution >= 4 is 17.9 Å². The van der Waals surface area contributed by atoms with Crippen LogP contribution >= 0.6 is 0 Å². The Morgan fingerprint density at radius 2 is 2.05 bits per heavy atom. The van der Waals surface area contributed by atoms with Gasteiger partial charge in [-0.2, -0.15) is 0 Å². The van der Waals surface area contributed by atoms with Crippen LogP contribution in [0.3, 0.4) is 0 Å². The van der Waals surface area contributed by atoms with Gasteiger partial charge in [-0.15, -0.1) is 0 Å². The Morgan fingerprint density at radius 3 is 2.55 bits per heavy atom. The topological polar surface area (TPSA) is 90.0 Å². The van der Waals surface area contributed by atoms with Crippen LogP contribution in [0.4, 0.5) is 4.79 Å². The van der Waals surface area contributed by atoms with Gasteiger partial charge in [0.15, 0.2) is 0 Å². The predicted molar refractivity (Wildman–Crippen MR) is 73.2 cm³/mol. The minimum absolute atomic E-state index is 0.0974. The molecule has 0 radical (unpaired) electrons. The number of nitrogens with one attached hydrogen (secondary N) is 1. The smallest absolute Gasteiger partial charge is 0.319 e. The number of rotatable bonds is 4. The van der Waals surface area contributed by atoms with Crippen LogP contribution in [0.1, 0.15) is 26.2 Å². The van der Waals surface area contributed by atoms with Gasteiger partial charge in [-0.25, -0.2) is 4.79 Å². The van der Waals surface area contributed by atoms with Gasteiger partial charge in [0, 0.05) is 39.6 Å². The second-order valence-corrected chi connectivity index (χ2v) is 5.23. The van der Waals surface area contributed by atoms with Crippen molar-refractivity contribution in [2.75, 3.05) is 27.2 Å². The van der Waals surface area contributed by atoms with Gasteiger partial charge in [0.1, 0.15) is 0 Å². The molecule has 0 spiro atoms. The molecular formula is C13H23N3O4. The SMILES string of the molecule is CNC(=O)CCN(C)C(=O)N1CCC(C(=O)O)CC1C. The van der Waals surface area contributed by atoms with E-state index in [1.165, 1.54) is 4.90 Å². The maximum Gasteiger partial charge on any atom is 0.319 e. The van der Waals surface area contributed by atoms with E-state index in [1.807, 2.05) is 6.92 Å². The third-order valence-corrected chi connectivity index (χ3v) is 3.75. The van der Waals surface area contributed by atoms with Crippen molar-refractivity contribution in [2.45, 2.75) is 32.2 Å². The van der Waals surface area contributed by atoms with Gasteiger partial charge in [-0.3, -0.25) is 9.59 Å². The van der Waals surface area contributed by atoms with Crippen LogP contribution in [-0.2, 0) is 9.59 Å². The quantitative estimate of drug-likeness (QED) is 0.780. The zero-order valence-electron chi connectivity index (χ0n) is 12.3. The summed E-state index contributed by atoms with van der Waals surface area (Å²) in [6.07, 6.45) is 1.22. The molecule has 1 rings (SSSR count). The van der Waals surface area contributed by atoms with Crippen LogP contribution in [-0.4, -0.2) is 66.0 Å². The Hall–Kier alpha value is -1.79. The van der Waals surface area contributed by atoms with Crippen LogP contribution in [0.15, 0.2) is 0 Å². The Balaban J connectivity index is 2.51. The fraction of sp³-hybridized carbons (Fsp3) is 0.769. The largest absolute Gasteiger partial charge is 0.481 e. The van der Waals surface area contributed by atoms with Gasteiger partial charge in [-0.1, -0.05) is 0 Å². The van der Waals surface area contributed by atoms with Gasteiger partial charge in [0.25, 0.3) is 0 Å². The summed E-state index contributed by atoms with van der Waals surface area (Å²) in [4.78, 5) is 37.6.